The van der Waals surface area contributed by atoms with Crippen molar-refractivity contribution in [1.82, 2.24) is 15.3 Å². The Bertz CT molecular complexity index is 920. The van der Waals surface area contributed by atoms with Crippen LogP contribution in [-0.2, 0) is 0 Å². The molecule has 0 radical (unpaired) electrons. The monoisotopic (exact) mass is 449 g/mol. The smallest absolute Gasteiger partial charge is 0.397 e. The van der Waals surface area contributed by atoms with E-state index in [0.29, 0.717) is 0 Å². The predicted molar refractivity (Wildman–Crippen MR) is 99.7 cm³/mol. The minimum Gasteiger partial charge on any atom is -0.397 e. The van der Waals surface area contributed by atoms with Gasteiger partial charge in [0.1, 0.15) is 5.82 Å². The van der Waals surface area contributed by atoms with E-state index in [-0.39, 0.29) is 23.2 Å². The van der Waals surface area contributed by atoms with Gasteiger partial charge in [-0.05, 0) is 55.2 Å². The fourth-order valence-electron chi connectivity index (χ4n) is 2.86. The Morgan fingerprint density at radius 3 is 2.13 bits per heavy atom. The summed E-state index contributed by atoms with van der Waals surface area (Å²) in [7, 11) is 0. The quantitative estimate of drug-likeness (QED) is 0.569. The van der Waals surface area contributed by atoms with Crippen molar-refractivity contribution in [2.24, 2.45) is 5.73 Å². The van der Waals surface area contributed by atoms with Crippen LogP contribution in [0.4, 0.5) is 36.7 Å². The van der Waals surface area contributed by atoms with Gasteiger partial charge in [0.25, 0.3) is 0 Å². The fourth-order valence-corrected chi connectivity index (χ4v) is 2.86. The third kappa shape index (κ3) is 5.56. The molecule has 0 spiro atoms. The Morgan fingerprint density at radius 2 is 1.61 bits per heavy atom. The lowest BCUT2D eigenvalue weighted by molar-refractivity contribution is -0.255. The van der Waals surface area contributed by atoms with Crippen LogP contribution in [0.5, 0.6) is 0 Å². The molecule has 1 aliphatic rings. The normalized spacial score (nSPS) is 16.0. The van der Waals surface area contributed by atoms with Gasteiger partial charge in [0.15, 0.2) is 0 Å². The second-order valence-electron chi connectivity index (χ2n) is 6.99. The Morgan fingerprint density at radius 1 is 1.00 bits per heavy atom. The molecule has 1 aromatic carbocycles. The molecule has 12 heteroatoms. The van der Waals surface area contributed by atoms with Gasteiger partial charge in [0.2, 0.25) is 12.0 Å². The lowest BCUT2D eigenvalue weighted by Gasteiger charge is -2.28. The summed E-state index contributed by atoms with van der Waals surface area (Å²) in [5.41, 5.74) is 4.49. The Kier molecular flexibility index (Phi) is 6.27. The van der Waals surface area contributed by atoms with Gasteiger partial charge in [0.05, 0.1) is 17.1 Å². The maximum Gasteiger partial charge on any atom is 0.417 e. The molecule has 1 heterocycles. The van der Waals surface area contributed by atoms with Crippen molar-refractivity contribution in [2.75, 3.05) is 5.32 Å². The standard InChI is InChI=1S/C19H18F7N5/c20-11-6-4-10(5-7-11)14(27)15(31-16(18(21,22)23)19(24,25)26)13-8-9-28-17(30-13)29-12-2-1-3-12/h4-9,12,16,31H,1-3,27H2,(H,28,29,30)/b15-14-. The van der Waals surface area contributed by atoms with Gasteiger partial charge in [-0.2, -0.15) is 26.3 Å². The number of halogens is 7. The summed E-state index contributed by atoms with van der Waals surface area (Å²) in [5, 5.41) is 4.43. The molecule has 0 atom stereocenters. The number of alkyl halides is 6. The van der Waals surface area contributed by atoms with E-state index in [4.69, 9.17) is 5.73 Å². The number of nitrogens with two attached hydrogens (primary N) is 1. The average molecular weight is 449 g/mol. The lowest BCUT2D eigenvalue weighted by atomic mass is 9.93. The number of hydrogen-bond donors (Lipinski definition) is 3. The first-order valence-electron chi connectivity index (χ1n) is 9.21. The third-order valence-electron chi connectivity index (χ3n) is 4.72. The zero-order valence-electron chi connectivity index (χ0n) is 15.9. The van der Waals surface area contributed by atoms with Crippen molar-refractivity contribution >= 4 is 17.3 Å². The predicted octanol–water partition coefficient (Wildman–Crippen LogP) is 4.45. The highest BCUT2D eigenvalue weighted by Gasteiger charge is 2.57. The molecule has 1 fully saturated rings. The molecular weight excluding hydrogens is 431 g/mol. The van der Waals surface area contributed by atoms with E-state index < -0.39 is 35.6 Å². The molecule has 168 valence electrons. The molecule has 3 rings (SSSR count). The van der Waals surface area contributed by atoms with Gasteiger partial charge < -0.3 is 16.4 Å². The topological polar surface area (TPSA) is 75.9 Å². The average Bonchev–Trinajstić information content (AvgIpc) is 2.63. The van der Waals surface area contributed by atoms with Crippen molar-refractivity contribution < 1.29 is 30.7 Å². The highest BCUT2D eigenvalue weighted by atomic mass is 19.4. The number of nitrogens with zero attached hydrogens (tertiary/aromatic N) is 2. The Hall–Kier alpha value is -3.05. The summed E-state index contributed by atoms with van der Waals surface area (Å²) >= 11 is 0. The second-order valence-corrected chi connectivity index (χ2v) is 6.99. The van der Waals surface area contributed by atoms with Crippen LogP contribution in [0.2, 0.25) is 0 Å². The fraction of sp³-hybridized carbons (Fsp3) is 0.368. The molecule has 0 amide bonds. The molecule has 0 saturated heterocycles. The Balaban J connectivity index is 2.07. The van der Waals surface area contributed by atoms with Crippen LogP contribution in [0, 0.1) is 5.82 Å². The summed E-state index contributed by atoms with van der Waals surface area (Å²) in [6, 6.07) is 1.54. The van der Waals surface area contributed by atoms with Crippen LogP contribution in [0.1, 0.15) is 30.5 Å². The molecule has 0 bridgehead atoms. The second kappa shape index (κ2) is 8.60. The highest BCUT2D eigenvalue weighted by Crippen LogP contribution is 2.35. The van der Waals surface area contributed by atoms with Crippen molar-refractivity contribution in [3.63, 3.8) is 0 Å². The summed E-state index contributed by atoms with van der Waals surface area (Å²) in [6.45, 7) is 0. The summed E-state index contributed by atoms with van der Waals surface area (Å²) in [5.74, 6) is -0.604. The van der Waals surface area contributed by atoms with Gasteiger partial charge in [-0.3, -0.25) is 0 Å². The van der Waals surface area contributed by atoms with Crippen LogP contribution in [0.3, 0.4) is 0 Å². The van der Waals surface area contributed by atoms with E-state index >= 15 is 0 Å². The largest absolute Gasteiger partial charge is 0.417 e. The molecular formula is C19H18F7N5. The van der Waals surface area contributed by atoms with Crippen LogP contribution >= 0.6 is 0 Å². The van der Waals surface area contributed by atoms with E-state index in [1.165, 1.54) is 11.5 Å². The van der Waals surface area contributed by atoms with Crippen LogP contribution in [0.25, 0.3) is 11.4 Å². The molecule has 0 unspecified atom stereocenters. The van der Waals surface area contributed by atoms with E-state index in [9.17, 15) is 30.7 Å². The van der Waals surface area contributed by atoms with E-state index in [0.717, 1.165) is 49.6 Å². The SMILES string of the molecule is N/C(=C(\NC(C(F)(F)F)C(F)(F)F)c1ccnc(NC2CCC2)n1)c1ccc(F)cc1. The van der Waals surface area contributed by atoms with Crippen LogP contribution < -0.4 is 16.4 Å². The van der Waals surface area contributed by atoms with Crippen molar-refractivity contribution in [3.8, 4) is 0 Å². The number of anilines is 1. The number of aromatic nitrogens is 2. The number of benzene rings is 1. The number of nitrogens with one attached hydrogen (secondary N) is 2. The lowest BCUT2D eigenvalue weighted by Crippen LogP contribution is -2.52. The van der Waals surface area contributed by atoms with Crippen LogP contribution in [0.15, 0.2) is 36.5 Å². The Labute approximate surface area is 172 Å². The zero-order chi connectivity index (χ0) is 22.8. The van der Waals surface area contributed by atoms with Crippen LogP contribution in [-0.4, -0.2) is 34.4 Å². The molecule has 2 aromatic rings. The molecule has 5 nitrogen and oxygen atoms in total. The third-order valence-corrected chi connectivity index (χ3v) is 4.72. The van der Waals surface area contributed by atoms with E-state index in [1.807, 2.05) is 0 Å². The van der Waals surface area contributed by atoms with E-state index in [1.54, 1.807) is 0 Å². The van der Waals surface area contributed by atoms with Gasteiger partial charge in [-0.15, -0.1) is 0 Å². The zero-order valence-corrected chi connectivity index (χ0v) is 15.9. The summed E-state index contributed by atoms with van der Waals surface area (Å²) in [6.07, 6.45) is -7.45. The van der Waals surface area contributed by atoms with Crippen molar-refractivity contribution in [2.45, 2.75) is 43.7 Å². The first kappa shape index (κ1) is 22.6. The molecule has 4 N–H and O–H groups in total. The highest BCUT2D eigenvalue weighted by molar-refractivity contribution is 5.87. The van der Waals surface area contributed by atoms with Gasteiger partial charge in [0, 0.05) is 12.2 Å². The molecule has 0 aliphatic heterocycles. The molecule has 1 aliphatic carbocycles. The maximum absolute atomic E-state index is 13.2. The molecule has 31 heavy (non-hydrogen) atoms. The van der Waals surface area contributed by atoms with Gasteiger partial charge in [-0.1, -0.05) is 0 Å². The van der Waals surface area contributed by atoms with Crippen molar-refractivity contribution in [1.29, 1.82) is 0 Å². The summed E-state index contributed by atoms with van der Waals surface area (Å²) < 4.78 is 92.3. The van der Waals surface area contributed by atoms with Crippen molar-refractivity contribution in [3.05, 3.63) is 53.6 Å². The minimum atomic E-state index is -5.66. The molecule has 1 aromatic heterocycles. The maximum atomic E-state index is 13.2. The number of rotatable bonds is 6. The molecule has 1 saturated carbocycles. The minimum absolute atomic E-state index is 0.0131. The summed E-state index contributed by atoms with van der Waals surface area (Å²) in [4.78, 5) is 8.00. The van der Waals surface area contributed by atoms with Gasteiger partial charge in [-0.25, -0.2) is 14.4 Å². The van der Waals surface area contributed by atoms with E-state index in [2.05, 4.69) is 15.3 Å². The first-order chi connectivity index (χ1) is 14.4. The van der Waals surface area contributed by atoms with Gasteiger partial charge >= 0.3 is 12.4 Å². The number of hydrogen-bond acceptors (Lipinski definition) is 5. The first-order valence-corrected chi connectivity index (χ1v) is 9.21.